The first-order valence-electron chi connectivity index (χ1n) is 7.93. The van der Waals surface area contributed by atoms with Crippen molar-refractivity contribution in [3.63, 3.8) is 0 Å². The minimum Gasteiger partial charge on any atom is -0.480 e. The summed E-state index contributed by atoms with van der Waals surface area (Å²) in [6, 6.07) is 0.782. The van der Waals surface area contributed by atoms with Crippen LogP contribution in [0.15, 0.2) is 6.07 Å². The molecule has 0 aliphatic carbocycles. The quantitative estimate of drug-likeness (QED) is 0.732. The molecule has 0 aliphatic heterocycles. The first-order chi connectivity index (χ1) is 11.1. The Morgan fingerprint density at radius 2 is 1.96 bits per heavy atom. The van der Waals surface area contributed by atoms with Gasteiger partial charge in [0.1, 0.15) is 6.04 Å². The lowest BCUT2D eigenvalue weighted by Crippen LogP contribution is -2.47. The highest BCUT2D eigenvalue weighted by atomic mass is 16.4. The lowest BCUT2D eigenvalue weighted by atomic mass is 10.1. The summed E-state index contributed by atoms with van der Waals surface area (Å²) in [5, 5.41) is 16.1. The first-order valence-corrected chi connectivity index (χ1v) is 7.93. The molecular formula is C16H26N4O4. The number of rotatable bonds is 8. The van der Waals surface area contributed by atoms with Crippen LogP contribution in [0.5, 0.6) is 0 Å². The number of amides is 2. The van der Waals surface area contributed by atoms with Crippen LogP contribution in [0, 0.1) is 13.8 Å². The molecule has 8 heteroatoms. The molecule has 2 unspecified atom stereocenters. The van der Waals surface area contributed by atoms with Gasteiger partial charge in [-0.25, -0.2) is 4.79 Å². The van der Waals surface area contributed by atoms with E-state index in [-0.39, 0.29) is 37.4 Å². The minimum atomic E-state index is -1.08. The second kappa shape index (κ2) is 8.47. The van der Waals surface area contributed by atoms with Crippen LogP contribution in [0.25, 0.3) is 0 Å². The number of nitrogens with one attached hydrogen (secondary N) is 1. The zero-order chi connectivity index (χ0) is 18.4. The zero-order valence-corrected chi connectivity index (χ0v) is 14.9. The highest BCUT2D eigenvalue weighted by Gasteiger charge is 2.27. The molecule has 1 aromatic rings. The van der Waals surface area contributed by atoms with Gasteiger partial charge in [-0.15, -0.1) is 0 Å². The number of carboxylic acids is 1. The van der Waals surface area contributed by atoms with Gasteiger partial charge in [0.2, 0.25) is 11.8 Å². The summed E-state index contributed by atoms with van der Waals surface area (Å²) in [7, 11) is 0. The van der Waals surface area contributed by atoms with E-state index in [1.165, 1.54) is 18.7 Å². The molecule has 8 nitrogen and oxygen atoms in total. The van der Waals surface area contributed by atoms with Crippen molar-refractivity contribution in [2.45, 2.75) is 53.1 Å². The van der Waals surface area contributed by atoms with Crippen LogP contribution in [-0.4, -0.2) is 56.7 Å². The van der Waals surface area contributed by atoms with E-state index in [9.17, 15) is 19.5 Å². The summed E-state index contributed by atoms with van der Waals surface area (Å²) < 4.78 is 1.77. The van der Waals surface area contributed by atoms with Gasteiger partial charge in [0.25, 0.3) is 0 Å². The van der Waals surface area contributed by atoms with Crippen LogP contribution in [-0.2, 0) is 14.4 Å². The highest BCUT2D eigenvalue weighted by Crippen LogP contribution is 2.16. The lowest BCUT2D eigenvalue weighted by molar-refractivity contribution is -0.149. The average molecular weight is 338 g/mol. The number of nitrogens with zero attached hydrogens (tertiary/aromatic N) is 3. The Hall–Kier alpha value is -2.38. The molecule has 0 aliphatic rings. The summed E-state index contributed by atoms with van der Waals surface area (Å²) >= 11 is 0. The van der Waals surface area contributed by atoms with Crippen LogP contribution in [0.4, 0.5) is 0 Å². The maximum Gasteiger partial charge on any atom is 0.326 e. The largest absolute Gasteiger partial charge is 0.480 e. The Bertz CT molecular complexity index is 611. The molecule has 1 heterocycles. The van der Waals surface area contributed by atoms with Crippen molar-refractivity contribution >= 4 is 17.8 Å². The Labute approximate surface area is 141 Å². The number of carbonyl (C=O) groups excluding carboxylic acids is 2. The summed E-state index contributed by atoms with van der Waals surface area (Å²) in [6.45, 7) is 8.86. The molecule has 24 heavy (non-hydrogen) atoms. The maximum absolute atomic E-state index is 12.6. The smallest absolute Gasteiger partial charge is 0.326 e. The van der Waals surface area contributed by atoms with Gasteiger partial charge in [0.15, 0.2) is 0 Å². The third-order valence-electron chi connectivity index (χ3n) is 3.80. The summed E-state index contributed by atoms with van der Waals surface area (Å²) in [5.74, 6) is -1.58. The fourth-order valence-corrected chi connectivity index (χ4v) is 2.57. The van der Waals surface area contributed by atoms with E-state index in [1.54, 1.807) is 4.68 Å². The monoisotopic (exact) mass is 338 g/mol. The second-order valence-corrected chi connectivity index (χ2v) is 6.01. The van der Waals surface area contributed by atoms with Crippen molar-refractivity contribution in [2.24, 2.45) is 0 Å². The fraction of sp³-hybridized carbons (Fsp3) is 0.625. The topological polar surface area (TPSA) is 105 Å². The standard InChI is InChI=1S/C16H26N4O4/c1-10-8-11(2)20(18-10)12(3)9-15(22)19(13(4)16(23)24)7-6-17-14(5)21/h8,12-13H,6-7,9H2,1-5H3,(H,17,21)(H,23,24). The first kappa shape index (κ1) is 19.7. The Morgan fingerprint density at radius 3 is 2.42 bits per heavy atom. The number of carbonyl (C=O) groups is 3. The highest BCUT2D eigenvalue weighted by molar-refractivity contribution is 5.83. The fourth-order valence-electron chi connectivity index (χ4n) is 2.57. The Morgan fingerprint density at radius 1 is 1.33 bits per heavy atom. The third-order valence-corrected chi connectivity index (χ3v) is 3.80. The van der Waals surface area contributed by atoms with Gasteiger partial charge in [-0.3, -0.25) is 14.3 Å². The molecule has 1 aromatic heterocycles. The normalized spacial score (nSPS) is 13.2. The molecule has 2 N–H and O–H groups in total. The summed E-state index contributed by atoms with van der Waals surface area (Å²) in [6.07, 6.45) is 0.139. The Kier molecular flexibility index (Phi) is 6.94. The van der Waals surface area contributed by atoms with Crippen LogP contribution >= 0.6 is 0 Å². The van der Waals surface area contributed by atoms with Crippen molar-refractivity contribution in [3.8, 4) is 0 Å². The van der Waals surface area contributed by atoms with Crippen LogP contribution in [0.2, 0.25) is 0 Å². The zero-order valence-electron chi connectivity index (χ0n) is 14.9. The molecule has 0 aromatic carbocycles. The van der Waals surface area contributed by atoms with Crippen LogP contribution in [0.3, 0.4) is 0 Å². The van der Waals surface area contributed by atoms with Gasteiger partial charge in [-0.1, -0.05) is 0 Å². The van der Waals surface area contributed by atoms with E-state index in [0.717, 1.165) is 11.4 Å². The van der Waals surface area contributed by atoms with Gasteiger partial charge < -0.3 is 15.3 Å². The van der Waals surface area contributed by atoms with E-state index in [4.69, 9.17) is 0 Å². The average Bonchev–Trinajstić information content (AvgIpc) is 2.81. The molecule has 0 fully saturated rings. The number of hydrogen-bond donors (Lipinski definition) is 2. The van der Waals surface area contributed by atoms with Gasteiger partial charge >= 0.3 is 5.97 Å². The molecule has 2 atom stereocenters. The SMILES string of the molecule is CC(=O)NCCN(C(=O)CC(C)n1nc(C)cc1C)C(C)C(=O)O. The van der Waals surface area contributed by atoms with Crippen LogP contribution < -0.4 is 5.32 Å². The predicted molar refractivity (Wildman–Crippen MR) is 88.5 cm³/mol. The van der Waals surface area contributed by atoms with E-state index >= 15 is 0 Å². The van der Waals surface area contributed by atoms with Crippen molar-refractivity contribution in [1.82, 2.24) is 20.0 Å². The predicted octanol–water partition coefficient (Wildman–Crippen LogP) is 0.889. The van der Waals surface area contributed by atoms with Crippen molar-refractivity contribution in [1.29, 1.82) is 0 Å². The molecule has 0 saturated heterocycles. The van der Waals surface area contributed by atoms with Crippen molar-refractivity contribution < 1.29 is 19.5 Å². The third kappa shape index (κ3) is 5.36. The molecule has 0 radical (unpaired) electrons. The second-order valence-electron chi connectivity index (χ2n) is 6.01. The maximum atomic E-state index is 12.6. The Balaban J connectivity index is 2.80. The minimum absolute atomic E-state index is 0.139. The van der Waals surface area contributed by atoms with Gasteiger partial charge in [-0.05, 0) is 33.8 Å². The van der Waals surface area contributed by atoms with Crippen molar-refractivity contribution in [3.05, 3.63) is 17.5 Å². The molecule has 0 bridgehead atoms. The number of aromatic nitrogens is 2. The van der Waals surface area contributed by atoms with E-state index < -0.39 is 12.0 Å². The molecule has 0 saturated carbocycles. The molecule has 0 spiro atoms. The van der Waals surface area contributed by atoms with E-state index in [0.29, 0.717) is 0 Å². The van der Waals surface area contributed by atoms with Crippen molar-refractivity contribution in [2.75, 3.05) is 13.1 Å². The molecule has 2 amide bonds. The summed E-state index contributed by atoms with van der Waals surface area (Å²) in [4.78, 5) is 36.1. The van der Waals surface area contributed by atoms with Gasteiger partial charge in [0.05, 0.1) is 11.7 Å². The molecular weight excluding hydrogens is 312 g/mol. The number of aliphatic carboxylic acids is 1. The number of aryl methyl sites for hydroxylation is 2. The van der Waals surface area contributed by atoms with E-state index in [2.05, 4.69) is 10.4 Å². The number of carboxylic acid groups (broad SMARTS) is 1. The van der Waals surface area contributed by atoms with Crippen LogP contribution in [0.1, 0.15) is 44.6 Å². The van der Waals surface area contributed by atoms with E-state index in [1.807, 2.05) is 26.8 Å². The van der Waals surface area contributed by atoms with Gasteiger partial charge in [0, 0.05) is 32.1 Å². The van der Waals surface area contributed by atoms with Gasteiger partial charge in [-0.2, -0.15) is 5.10 Å². The summed E-state index contributed by atoms with van der Waals surface area (Å²) in [5.41, 5.74) is 1.82. The molecule has 1 rings (SSSR count). The number of hydrogen-bond acceptors (Lipinski definition) is 4. The lowest BCUT2D eigenvalue weighted by Gasteiger charge is -2.28. The molecule has 134 valence electrons.